The van der Waals surface area contributed by atoms with Crippen molar-refractivity contribution in [3.63, 3.8) is 0 Å². The fourth-order valence-electron chi connectivity index (χ4n) is 3.56. The van der Waals surface area contributed by atoms with Gasteiger partial charge in [0.2, 0.25) is 0 Å². The highest BCUT2D eigenvalue weighted by Crippen LogP contribution is 2.29. The monoisotopic (exact) mass is 400 g/mol. The number of carbonyl (C=O) groups excluding carboxylic acids is 1. The molecule has 0 aliphatic heterocycles. The van der Waals surface area contributed by atoms with Gasteiger partial charge in [0.05, 0.1) is 14.2 Å². The molecule has 28 heavy (non-hydrogen) atoms. The molecule has 1 N–H and O–H groups in total. The maximum Gasteiger partial charge on any atom is 0.268 e. The lowest BCUT2D eigenvalue weighted by molar-refractivity contribution is 0.0945. The van der Waals surface area contributed by atoms with Crippen molar-refractivity contribution in [3.05, 3.63) is 58.2 Å². The fraction of sp³-hybridized carbons (Fsp3) is 0.318. The van der Waals surface area contributed by atoms with E-state index in [-0.39, 0.29) is 5.91 Å². The van der Waals surface area contributed by atoms with Crippen molar-refractivity contribution in [2.45, 2.75) is 26.8 Å². The molecule has 0 saturated carbocycles. The second-order valence-corrected chi connectivity index (χ2v) is 7.01. The van der Waals surface area contributed by atoms with Crippen LogP contribution in [0.5, 0.6) is 11.5 Å². The maximum absolute atomic E-state index is 12.9. The van der Waals surface area contributed by atoms with Crippen LogP contribution in [0.25, 0.3) is 10.9 Å². The predicted octanol–water partition coefficient (Wildman–Crippen LogP) is 4.61. The van der Waals surface area contributed by atoms with E-state index in [1.165, 1.54) is 0 Å². The Balaban J connectivity index is 1.76. The van der Waals surface area contributed by atoms with Gasteiger partial charge in [0, 0.05) is 29.0 Å². The zero-order chi connectivity index (χ0) is 20.3. The molecule has 5 nitrogen and oxygen atoms in total. The number of hydrogen-bond acceptors (Lipinski definition) is 3. The van der Waals surface area contributed by atoms with Gasteiger partial charge < -0.3 is 19.4 Å². The van der Waals surface area contributed by atoms with Crippen molar-refractivity contribution in [1.82, 2.24) is 9.88 Å². The van der Waals surface area contributed by atoms with Gasteiger partial charge >= 0.3 is 0 Å². The Hall–Kier alpha value is -2.66. The lowest BCUT2D eigenvalue weighted by Crippen LogP contribution is -2.28. The van der Waals surface area contributed by atoms with Crippen LogP contribution in [0, 0.1) is 6.92 Å². The zero-order valence-electron chi connectivity index (χ0n) is 16.6. The van der Waals surface area contributed by atoms with Gasteiger partial charge in [-0.2, -0.15) is 0 Å². The van der Waals surface area contributed by atoms with Gasteiger partial charge in [0.1, 0.15) is 5.69 Å². The number of hydrogen-bond donors (Lipinski definition) is 1. The van der Waals surface area contributed by atoms with Crippen molar-refractivity contribution >= 4 is 28.4 Å². The van der Waals surface area contributed by atoms with E-state index in [4.69, 9.17) is 21.1 Å². The number of aryl methyl sites for hydroxylation is 2. The second-order valence-electron chi connectivity index (χ2n) is 6.57. The number of benzene rings is 2. The standard InChI is InChI=1S/C22H25ClN2O3/c1-5-25-18-8-7-16(23)13-17(18)14(2)21(25)22(26)24-11-10-15-6-9-19(27-3)20(12-15)28-4/h6-9,12-13H,5,10-11H2,1-4H3,(H,24,26). The van der Waals surface area contributed by atoms with E-state index in [2.05, 4.69) is 5.32 Å². The topological polar surface area (TPSA) is 52.5 Å². The molecule has 1 heterocycles. The minimum absolute atomic E-state index is 0.0767. The normalized spacial score (nSPS) is 10.9. The van der Waals surface area contributed by atoms with E-state index < -0.39 is 0 Å². The summed E-state index contributed by atoms with van der Waals surface area (Å²) in [4.78, 5) is 12.9. The van der Waals surface area contributed by atoms with Crippen LogP contribution in [0.1, 0.15) is 28.5 Å². The summed E-state index contributed by atoms with van der Waals surface area (Å²) < 4.78 is 12.6. The van der Waals surface area contributed by atoms with Crippen molar-refractivity contribution in [1.29, 1.82) is 0 Å². The molecule has 0 aliphatic carbocycles. The van der Waals surface area contributed by atoms with Crippen molar-refractivity contribution < 1.29 is 14.3 Å². The quantitative estimate of drug-likeness (QED) is 0.630. The highest BCUT2D eigenvalue weighted by atomic mass is 35.5. The van der Waals surface area contributed by atoms with Crippen LogP contribution in [0.2, 0.25) is 5.02 Å². The molecule has 0 fully saturated rings. The zero-order valence-corrected chi connectivity index (χ0v) is 17.4. The molecule has 0 aliphatic rings. The van der Waals surface area contributed by atoms with Crippen molar-refractivity contribution in [2.24, 2.45) is 0 Å². The molecule has 3 rings (SSSR count). The first-order valence-corrected chi connectivity index (χ1v) is 9.65. The summed E-state index contributed by atoms with van der Waals surface area (Å²) in [5, 5.41) is 4.72. The number of ether oxygens (including phenoxy) is 2. The Bertz CT molecular complexity index is 1010. The van der Waals surface area contributed by atoms with Gasteiger partial charge in [-0.3, -0.25) is 4.79 Å². The summed E-state index contributed by atoms with van der Waals surface area (Å²) in [5.41, 5.74) is 3.72. The third-order valence-electron chi connectivity index (χ3n) is 4.96. The summed E-state index contributed by atoms with van der Waals surface area (Å²) in [6.45, 7) is 5.24. The van der Waals surface area contributed by atoms with Crippen molar-refractivity contribution in [3.8, 4) is 11.5 Å². The van der Waals surface area contributed by atoms with Gasteiger partial charge in [-0.1, -0.05) is 17.7 Å². The highest BCUT2D eigenvalue weighted by molar-refractivity contribution is 6.31. The van der Waals surface area contributed by atoms with E-state index in [9.17, 15) is 4.79 Å². The van der Waals surface area contributed by atoms with Crippen LogP contribution < -0.4 is 14.8 Å². The fourth-order valence-corrected chi connectivity index (χ4v) is 3.73. The highest BCUT2D eigenvalue weighted by Gasteiger charge is 2.19. The maximum atomic E-state index is 12.9. The Labute approximate surface area is 170 Å². The van der Waals surface area contributed by atoms with Crippen LogP contribution in [0.3, 0.4) is 0 Å². The number of halogens is 1. The summed E-state index contributed by atoms with van der Waals surface area (Å²) in [5.74, 6) is 1.30. The summed E-state index contributed by atoms with van der Waals surface area (Å²) in [7, 11) is 3.22. The molecule has 2 aromatic carbocycles. The minimum Gasteiger partial charge on any atom is -0.493 e. The summed E-state index contributed by atoms with van der Waals surface area (Å²) >= 11 is 6.14. The molecular formula is C22H25ClN2O3. The van der Waals surface area contributed by atoms with Gasteiger partial charge in [-0.25, -0.2) is 0 Å². The van der Waals surface area contributed by atoms with E-state index in [1.807, 2.05) is 54.8 Å². The number of nitrogens with zero attached hydrogens (tertiary/aromatic N) is 1. The van der Waals surface area contributed by atoms with Crippen LogP contribution in [-0.2, 0) is 13.0 Å². The lowest BCUT2D eigenvalue weighted by atomic mass is 10.1. The molecule has 0 saturated heterocycles. The van der Waals surface area contributed by atoms with Gasteiger partial charge in [-0.05, 0) is 61.7 Å². The molecule has 6 heteroatoms. The van der Waals surface area contributed by atoms with Crippen molar-refractivity contribution in [2.75, 3.05) is 20.8 Å². The second kappa shape index (κ2) is 8.57. The van der Waals surface area contributed by atoms with Crippen LogP contribution >= 0.6 is 11.6 Å². The number of fused-ring (bicyclic) bond motifs is 1. The molecule has 0 unspecified atom stereocenters. The SMILES string of the molecule is CCn1c(C(=O)NCCc2ccc(OC)c(OC)c2)c(C)c2cc(Cl)ccc21. The van der Waals surface area contributed by atoms with E-state index >= 15 is 0 Å². The van der Waals surface area contributed by atoms with Crippen LogP contribution in [0.15, 0.2) is 36.4 Å². The smallest absolute Gasteiger partial charge is 0.268 e. The molecule has 3 aromatic rings. The minimum atomic E-state index is -0.0767. The number of nitrogens with one attached hydrogen (secondary N) is 1. The Morgan fingerprint density at radius 1 is 1.11 bits per heavy atom. The Morgan fingerprint density at radius 3 is 2.54 bits per heavy atom. The first-order chi connectivity index (χ1) is 13.5. The Morgan fingerprint density at radius 2 is 1.86 bits per heavy atom. The Kier molecular flexibility index (Phi) is 6.15. The number of rotatable bonds is 7. The number of aromatic nitrogens is 1. The summed E-state index contributed by atoms with van der Waals surface area (Å²) in [6, 6.07) is 11.5. The van der Waals surface area contributed by atoms with Crippen LogP contribution in [-0.4, -0.2) is 31.2 Å². The third-order valence-corrected chi connectivity index (χ3v) is 5.19. The molecule has 1 amide bonds. The van der Waals surface area contributed by atoms with Gasteiger partial charge in [0.25, 0.3) is 5.91 Å². The predicted molar refractivity (Wildman–Crippen MR) is 113 cm³/mol. The molecule has 0 spiro atoms. The third kappa shape index (κ3) is 3.80. The average molecular weight is 401 g/mol. The lowest BCUT2D eigenvalue weighted by Gasteiger charge is -2.11. The number of methoxy groups -OCH3 is 2. The molecule has 0 atom stereocenters. The average Bonchev–Trinajstić information content (AvgIpc) is 2.98. The van der Waals surface area contributed by atoms with E-state index in [1.54, 1.807) is 14.2 Å². The number of carbonyl (C=O) groups is 1. The largest absolute Gasteiger partial charge is 0.493 e. The summed E-state index contributed by atoms with van der Waals surface area (Å²) in [6.07, 6.45) is 0.698. The molecular weight excluding hydrogens is 376 g/mol. The first-order valence-electron chi connectivity index (χ1n) is 9.27. The van der Waals surface area contributed by atoms with Gasteiger partial charge in [0.15, 0.2) is 11.5 Å². The molecule has 148 valence electrons. The van der Waals surface area contributed by atoms with E-state index in [0.29, 0.717) is 41.7 Å². The number of amides is 1. The van der Waals surface area contributed by atoms with E-state index in [0.717, 1.165) is 22.0 Å². The molecule has 1 aromatic heterocycles. The molecule has 0 radical (unpaired) electrons. The van der Waals surface area contributed by atoms with Crippen LogP contribution in [0.4, 0.5) is 0 Å². The molecule has 0 bridgehead atoms. The van der Waals surface area contributed by atoms with Gasteiger partial charge in [-0.15, -0.1) is 0 Å². The first kappa shape index (κ1) is 20.1.